The molecule has 2 aliphatic heterocycles. The second-order valence-electron chi connectivity index (χ2n) is 10.6. The molecule has 0 saturated heterocycles. The van der Waals surface area contributed by atoms with Crippen LogP contribution < -0.4 is 0 Å². The van der Waals surface area contributed by atoms with Crippen LogP contribution in [-0.4, -0.2) is 48.5 Å². The third-order valence-electron chi connectivity index (χ3n) is 8.43. The van der Waals surface area contributed by atoms with Crippen LogP contribution in [0.25, 0.3) is 0 Å². The zero-order valence-corrected chi connectivity index (χ0v) is 25.2. The molecule has 4 heteroatoms. The van der Waals surface area contributed by atoms with E-state index in [9.17, 15) is 9.59 Å². The van der Waals surface area contributed by atoms with Gasteiger partial charge in [-0.2, -0.15) is 0 Å². The van der Waals surface area contributed by atoms with E-state index in [0.29, 0.717) is 38.6 Å². The van der Waals surface area contributed by atoms with Gasteiger partial charge in [0, 0.05) is 0 Å². The molecule has 33 heavy (non-hydrogen) atoms. The van der Waals surface area contributed by atoms with Gasteiger partial charge in [-0.25, -0.2) is 0 Å². The van der Waals surface area contributed by atoms with Crippen molar-refractivity contribution in [1.29, 1.82) is 0 Å². The Morgan fingerprint density at radius 3 is 1.94 bits per heavy atom. The van der Waals surface area contributed by atoms with Gasteiger partial charge in [0.05, 0.1) is 0 Å². The van der Waals surface area contributed by atoms with Gasteiger partial charge in [-0.15, -0.1) is 0 Å². The Bertz CT molecular complexity index is 841. The van der Waals surface area contributed by atoms with E-state index < -0.39 is 0 Å². The van der Waals surface area contributed by atoms with Crippen molar-refractivity contribution in [1.82, 2.24) is 0 Å². The number of carbonyl (C=O) groups excluding carboxylic acids is 2. The Labute approximate surface area is 218 Å². The number of carbonyl (C=O) groups is 2. The van der Waals surface area contributed by atoms with Crippen molar-refractivity contribution in [2.75, 3.05) is 0 Å². The zero-order valence-electron chi connectivity index (χ0n) is 21.1. The summed E-state index contributed by atoms with van der Waals surface area (Å²) in [7, 11) is 0. The Morgan fingerprint density at radius 2 is 1.55 bits per heavy atom. The van der Waals surface area contributed by atoms with Gasteiger partial charge in [0.2, 0.25) is 0 Å². The second kappa shape index (κ2) is 12.0. The first-order chi connectivity index (χ1) is 15.8. The molecule has 0 saturated carbocycles. The van der Waals surface area contributed by atoms with Gasteiger partial charge in [0.25, 0.3) is 0 Å². The van der Waals surface area contributed by atoms with E-state index in [0.717, 1.165) is 12.8 Å². The first-order valence-electron chi connectivity index (χ1n) is 12.7. The van der Waals surface area contributed by atoms with Crippen LogP contribution in [0.4, 0.5) is 0 Å². The van der Waals surface area contributed by atoms with Crippen LogP contribution in [0.15, 0.2) is 44.0 Å². The normalized spacial score (nSPS) is 38.0. The quantitative estimate of drug-likeness (QED) is 0.179. The summed E-state index contributed by atoms with van der Waals surface area (Å²) < 4.78 is 1.55. The van der Waals surface area contributed by atoms with Crippen LogP contribution in [0.5, 0.6) is 0 Å². The van der Waals surface area contributed by atoms with E-state index in [1.807, 2.05) is 0 Å². The van der Waals surface area contributed by atoms with E-state index in [4.69, 9.17) is 0 Å². The van der Waals surface area contributed by atoms with E-state index in [-0.39, 0.29) is 28.7 Å². The Kier molecular flexibility index (Phi) is 9.92. The Morgan fingerprint density at radius 1 is 0.939 bits per heavy atom. The summed E-state index contributed by atoms with van der Waals surface area (Å²) in [5.74, 6) is 2.24. The summed E-state index contributed by atoms with van der Waals surface area (Å²) >= 11 is 0.0646. The molecule has 0 radical (unpaired) electrons. The molecule has 2 heterocycles. The van der Waals surface area contributed by atoms with Crippen molar-refractivity contribution >= 4 is 48.5 Å². The third-order valence-corrected chi connectivity index (χ3v) is 16.3. The monoisotopic (exact) mass is 632 g/mol. The molecule has 0 bridgehead atoms. The van der Waals surface area contributed by atoms with Crippen LogP contribution in [0.1, 0.15) is 86.0 Å². The Hall–Kier alpha value is -0.391. The number of aldehydes is 2. The molecular weight excluding hydrogens is 587 g/mol. The number of hydrogen-bond acceptors (Lipinski definition) is 2. The van der Waals surface area contributed by atoms with E-state index in [1.54, 1.807) is 3.62 Å². The van der Waals surface area contributed by atoms with Crippen LogP contribution in [-0.2, 0) is 9.59 Å². The van der Waals surface area contributed by atoms with Gasteiger partial charge in [-0.05, 0) is 0 Å². The maximum absolute atomic E-state index is 11.7. The van der Waals surface area contributed by atoms with Crippen LogP contribution in [0.2, 0.25) is 7.78 Å². The summed E-state index contributed by atoms with van der Waals surface area (Å²) in [6.07, 6.45) is 21.6. The molecule has 0 aromatic carbocycles. The molecule has 0 fully saturated rings. The average Bonchev–Trinajstić information content (AvgIpc) is 3.24. The molecule has 2 nitrogen and oxygen atoms in total. The molecule has 0 N–H and O–H groups in total. The van der Waals surface area contributed by atoms with Crippen molar-refractivity contribution in [2.45, 2.75) is 93.8 Å². The second-order valence-corrected chi connectivity index (χ2v) is 17.6. The van der Waals surface area contributed by atoms with Gasteiger partial charge in [-0.3, -0.25) is 0 Å². The van der Waals surface area contributed by atoms with Gasteiger partial charge < -0.3 is 0 Å². The summed E-state index contributed by atoms with van der Waals surface area (Å²) in [6, 6.07) is 0. The zero-order chi connectivity index (χ0) is 24.1. The van der Waals surface area contributed by atoms with Crippen molar-refractivity contribution in [3.63, 3.8) is 0 Å². The standard InChI is InChI=1S/C15H22OTe.C14H20OSe/c1-11-12(2)15(10-16,17-13(11)3)9-14-7-5-4-6-8-14;1-11-9-16-14(10-15,12(11)2)8-13-6-4-3-5-7-13/h5,7,10,12,14H,4,6,8-9H2,1-3H3;4,6,9-10,12-13H,3,5,7-8H2,1-2H3/t12-,14?,15?;12?,13?,14-/m00/s1. The molecule has 0 aromatic rings. The minimum atomic E-state index is -0.300. The van der Waals surface area contributed by atoms with E-state index in [2.05, 4.69) is 63.9 Å². The molecule has 4 unspecified atom stereocenters. The van der Waals surface area contributed by atoms with Gasteiger partial charge in [0.15, 0.2) is 0 Å². The molecule has 2 aliphatic carbocycles. The summed E-state index contributed by atoms with van der Waals surface area (Å²) in [5, 5.41) is 0. The van der Waals surface area contributed by atoms with Crippen molar-refractivity contribution < 1.29 is 9.59 Å². The predicted octanol–water partition coefficient (Wildman–Crippen LogP) is 7.09. The summed E-state index contributed by atoms with van der Waals surface area (Å²) in [6.45, 7) is 11.1. The molecule has 0 aromatic heterocycles. The van der Waals surface area contributed by atoms with Gasteiger partial charge >= 0.3 is 220 Å². The third kappa shape index (κ3) is 6.25. The molecule has 0 spiro atoms. The number of hydrogen-bond donors (Lipinski definition) is 0. The Balaban J connectivity index is 0.000000186. The van der Waals surface area contributed by atoms with Crippen molar-refractivity contribution in [2.24, 2.45) is 23.7 Å². The van der Waals surface area contributed by atoms with Gasteiger partial charge in [0.1, 0.15) is 0 Å². The average molecular weight is 629 g/mol. The fourth-order valence-corrected chi connectivity index (χ4v) is 13.1. The van der Waals surface area contributed by atoms with E-state index in [1.165, 1.54) is 62.2 Å². The first kappa shape index (κ1) is 27.2. The fraction of sp³-hybridized carbons (Fsp3) is 0.655. The maximum atomic E-state index is 11.7. The van der Waals surface area contributed by atoms with Gasteiger partial charge in [-0.1, -0.05) is 0 Å². The number of rotatable bonds is 6. The minimum absolute atomic E-state index is 0.0194. The molecular formula is C29H42O2SeTe. The van der Waals surface area contributed by atoms with Crippen LogP contribution in [0, 0.1) is 23.7 Å². The molecule has 4 aliphatic rings. The van der Waals surface area contributed by atoms with E-state index >= 15 is 0 Å². The number of allylic oxidation sites excluding steroid dienone is 7. The summed E-state index contributed by atoms with van der Waals surface area (Å²) in [4.78, 5) is 25.5. The topological polar surface area (TPSA) is 34.1 Å². The van der Waals surface area contributed by atoms with Crippen LogP contribution in [0.3, 0.4) is 0 Å². The van der Waals surface area contributed by atoms with Crippen molar-refractivity contribution in [3.05, 3.63) is 44.0 Å². The van der Waals surface area contributed by atoms with Crippen molar-refractivity contribution in [3.8, 4) is 0 Å². The fourth-order valence-electron chi connectivity index (χ4n) is 5.64. The molecule has 182 valence electrons. The predicted molar refractivity (Wildman–Crippen MR) is 142 cm³/mol. The first-order valence-corrected chi connectivity index (χ1v) is 16.9. The molecule has 0 amide bonds. The SMILES string of the molecule is CC1=C(C)[C@H](C)C(C=O)(CC2C=CCCC2)[Te]1.CC1=C[Se][C@](C=O)(CC2C=CCCC2)C1C. The molecule has 4 rings (SSSR count). The summed E-state index contributed by atoms with van der Waals surface area (Å²) in [5.41, 5.74) is 2.92. The van der Waals surface area contributed by atoms with Crippen LogP contribution >= 0.6 is 0 Å². The molecule has 6 atom stereocenters.